The molecule has 0 unspecified atom stereocenters. The zero-order valence-electron chi connectivity index (χ0n) is 9.97. The molecule has 0 aliphatic heterocycles. The van der Waals surface area contributed by atoms with Gasteiger partial charge in [0.05, 0.1) is 25.0 Å². The Morgan fingerprint density at radius 2 is 2.12 bits per heavy atom. The van der Waals surface area contributed by atoms with E-state index < -0.39 is 0 Å². The molecule has 0 bridgehead atoms. The van der Waals surface area contributed by atoms with Gasteiger partial charge in [0.15, 0.2) is 0 Å². The summed E-state index contributed by atoms with van der Waals surface area (Å²) < 4.78 is 6.90. The van der Waals surface area contributed by atoms with E-state index in [-0.39, 0.29) is 0 Å². The molecule has 1 N–H and O–H groups in total. The van der Waals surface area contributed by atoms with Gasteiger partial charge in [-0.15, -0.1) is 0 Å². The van der Waals surface area contributed by atoms with Crippen LogP contribution in [0, 0.1) is 0 Å². The summed E-state index contributed by atoms with van der Waals surface area (Å²) >= 11 is 0. The van der Waals surface area contributed by atoms with Crippen LogP contribution in [0.3, 0.4) is 0 Å². The van der Waals surface area contributed by atoms with Crippen LogP contribution in [-0.4, -0.2) is 30.0 Å². The predicted octanol–water partition coefficient (Wildman–Crippen LogP) is 1.99. The van der Waals surface area contributed by atoms with Gasteiger partial charge < -0.3 is 10.1 Å². The Kier molecular flexibility index (Phi) is 4.16. The Morgan fingerprint density at radius 1 is 1.29 bits per heavy atom. The molecule has 0 amide bonds. The van der Waals surface area contributed by atoms with Crippen molar-refractivity contribution in [2.45, 2.75) is 6.54 Å². The maximum absolute atomic E-state index is 4.98. The van der Waals surface area contributed by atoms with Crippen LogP contribution in [0.5, 0.6) is 0 Å². The molecular weight excluding hydrogens is 214 g/mol. The van der Waals surface area contributed by atoms with Crippen LogP contribution in [0.4, 0.5) is 5.69 Å². The number of anilines is 1. The number of hydrogen-bond donors (Lipinski definition) is 1. The third kappa shape index (κ3) is 3.60. The van der Waals surface area contributed by atoms with Crippen molar-refractivity contribution in [3.63, 3.8) is 0 Å². The molecule has 0 fully saturated rings. The molecule has 0 saturated heterocycles. The summed E-state index contributed by atoms with van der Waals surface area (Å²) in [7, 11) is 1.69. The molecule has 1 aromatic heterocycles. The Bertz CT molecular complexity index is 439. The van der Waals surface area contributed by atoms with Crippen LogP contribution in [0.1, 0.15) is 5.56 Å². The van der Waals surface area contributed by atoms with E-state index >= 15 is 0 Å². The number of nitrogens with one attached hydrogen (secondary N) is 1. The van der Waals surface area contributed by atoms with E-state index in [1.807, 2.05) is 35.3 Å². The van der Waals surface area contributed by atoms with Gasteiger partial charge in [0, 0.05) is 19.9 Å². The number of nitrogens with zero attached hydrogens (tertiary/aromatic N) is 2. The molecule has 2 rings (SSSR count). The van der Waals surface area contributed by atoms with Gasteiger partial charge in [0.25, 0.3) is 0 Å². The molecule has 2 aromatic rings. The van der Waals surface area contributed by atoms with Crippen molar-refractivity contribution < 1.29 is 4.74 Å². The lowest BCUT2D eigenvalue weighted by Crippen LogP contribution is -2.06. The monoisotopic (exact) mass is 231 g/mol. The number of rotatable bonds is 6. The highest BCUT2D eigenvalue weighted by atomic mass is 16.5. The maximum Gasteiger partial charge on any atom is 0.0727 e. The molecular formula is C13H17N3O. The fraction of sp³-hybridized carbons (Fsp3) is 0.308. The van der Waals surface area contributed by atoms with Crippen LogP contribution in [0.15, 0.2) is 42.7 Å². The summed E-state index contributed by atoms with van der Waals surface area (Å²) in [6.45, 7) is 2.30. The van der Waals surface area contributed by atoms with E-state index in [0.29, 0.717) is 6.61 Å². The second-order valence-electron chi connectivity index (χ2n) is 3.83. The van der Waals surface area contributed by atoms with Crippen molar-refractivity contribution in [2.75, 3.05) is 25.6 Å². The number of ether oxygens (including phenoxy) is 1. The molecule has 0 radical (unpaired) electrons. The lowest BCUT2D eigenvalue weighted by molar-refractivity contribution is 0.211. The van der Waals surface area contributed by atoms with Crippen molar-refractivity contribution in [3.05, 3.63) is 48.3 Å². The van der Waals surface area contributed by atoms with E-state index in [0.717, 1.165) is 18.8 Å². The molecule has 1 aromatic carbocycles. The summed E-state index contributed by atoms with van der Waals surface area (Å²) in [6.07, 6.45) is 3.83. The third-order valence-electron chi connectivity index (χ3n) is 2.46. The van der Waals surface area contributed by atoms with Gasteiger partial charge in [-0.3, -0.25) is 4.68 Å². The van der Waals surface area contributed by atoms with Gasteiger partial charge in [-0.25, -0.2) is 0 Å². The first-order chi connectivity index (χ1) is 8.38. The summed E-state index contributed by atoms with van der Waals surface area (Å²) in [5.74, 6) is 0. The highest BCUT2D eigenvalue weighted by Gasteiger charge is 1.98. The van der Waals surface area contributed by atoms with Crippen LogP contribution < -0.4 is 5.32 Å². The van der Waals surface area contributed by atoms with Gasteiger partial charge in [-0.2, -0.15) is 5.10 Å². The highest BCUT2D eigenvalue weighted by Crippen LogP contribution is 2.07. The van der Waals surface area contributed by atoms with Crippen LogP contribution in [0.2, 0.25) is 0 Å². The van der Waals surface area contributed by atoms with Gasteiger partial charge in [0.2, 0.25) is 0 Å². The zero-order valence-corrected chi connectivity index (χ0v) is 9.97. The number of methoxy groups -OCH3 is 1. The molecule has 0 aliphatic rings. The Hall–Kier alpha value is -1.81. The molecule has 17 heavy (non-hydrogen) atoms. The minimum absolute atomic E-state index is 0.698. The fourth-order valence-electron chi connectivity index (χ4n) is 1.61. The molecule has 1 heterocycles. The van der Waals surface area contributed by atoms with Gasteiger partial charge in [0.1, 0.15) is 0 Å². The number of benzene rings is 1. The first kappa shape index (κ1) is 11.7. The fourth-order valence-corrected chi connectivity index (χ4v) is 1.61. The Morgan fingerprint density at radius 3 is 2.88 bits per heavy atom. The molecule has 0 aliphatic carbocycles. The van der Waals surface area contributed by atoms with E-state index in [9.17, 15) is 0 Å². The van der Waals surface area contributed by atoms with Crippen LogP contribution in [-0.2, 0) is 11.3 Å². The quantitative estimate of drug-likeness (QED) is 0.773. The lowest BCUT2D eigenvalue weighted by atomic mass is 10.2. The highest BCUT2D eigenvalue weighted by molar-refractivity contribution is 5.38. The molecule has 4 heteroatoms. The summed E-state index contributed by atoms with van der Waals surface area (Å²) in [5.41, 5.74) is 2.28. The number of hydrogen-bond acceptors (Lipinski definition) is 3. The van der Waals surface area contributed by atoms with E-state index in [2.05, 4.69) is 22.5 Å². The largest absolute Gasteiger partial charge is 0.383 e. The van der Waals surface area contributed by atoms with Gasteiger partial charge in [-0.05, 0) is 5.56 Å². The van der Waals surface area contributed by atoms with E-state index in [1.54, 1.807) is 7.11 Å². The van der Waals surface area contributed by atoms with Gasteiger partial charge in [-0.1, -0.05) is 30.3 Å². The summed E-state index contributed by atoms with van der Waals surface area (Å²) in [5, 5.41) is 7.55. The first-order valence-corrected chi connectivity index (χ1v) is 5.67. The normalized spacial score (nSPS) is 10.4. The van der Waals surface area contributed by atoms with Gasteiger partial charge >= 0.3 is 0 Å². The predicted molar refractivity (Wildman–Crippen MR) is 68.1 cm³/mol. The van der Waals surface area contributed by atoms with Crippen LogP contribution in [0.25, 0.3) is 0 Å². The minimum Gasteiger partial charge on any atom is -0.383 e. The molecule has 0 saturated carbocycles. The van der Waals surface area contributed by atoms with Crippen LogP contribution >= 0.6 is 0 Å². The second kappa shape index (κ2) is 6.06. The molecule has 4 nitrogen and oxygen atoms in total. The Labute approximate surface area is 101 Å². The van der Waals surface area contributed by atoms with E-state index in [4.69, 9.17) is 4.74 Å². The van der Waals surface area contributed by atoms with Crippen molar-refractivity contribution in [1.82, 2.24) is 9.78 Å². The lowest BCUT2D eigenvalue weighted by Gasteiger charge is -2.02. The maximum atomic E-state index is 4.98. The summed E-state index contributed by atoms with van der Waals surface area (Å²) in [4.78, 5) is 0. The average Bonchev–Trinajstić information content (AvgIpc) is 2.79. The molecule has 90 valence electrons. The third-order valence-corrected chi connectivity index (χ3v) is 2.46. The number of aromatic nitrogens is 2. The molecule has 0 spiro atoms. The van der Waals surface area contributed by atoms with Crippen molar-refractivity contribution in [2.24, 2.45) is 0 Å². The second-order valence-corrected chi connectivity index (χ2v) is 3.83. The van der Waals surface area contributed by atoms with Crippen molar-refractivity contribution in [1.29, 1.82) is 0 Å². The average molecular weight is 231 g/mol. The van der Waals surface area contributed by atoms with E-state index in [1.165, 1.54) is 5.56 Å². The first-order valence-electron chi connectivity index (χ1n) is 5.67. The minimum atomic E-state index is 0.698. The van der Waals surface area contributed by atoms with Crippen molar-refractivity contribution >= 4 is 5.69 Å². The standard InChI is InChI=1S/C13H17N3O/c1-17-8-7-14-13-9-15-16(11-13)10-12-5-3-2-4-6-12/h2-6,9,11,14H,7-8,10H2,1H3. The topological polar surface area (TPSA) is 39.1 Å². The Balaban J connectivity index is 1.90. The molecule has 0 atom stereocenters. The van der Waals surface area contributed by atoms with Crippen molar-refractivity contribution in [3.8, 4) is 0 Å². The smallest absolute Gasteiger partial charge is 0.0727 e. The SMILES string of the molecule is COCCNc1cnn(Cc2ccccc2)c1. The zero-order chi connectivity index (χ0) is 11.9. The summed E-state index contributed by atoms with van der Waals surface area (Å²) in [6, 6.07) is 10.3.